The van der Waals surface area contributed by atoms with Gasteiger partial charge in [-0.05, 0) is 54.4 Å². The maximum atomic E-state index is 13.0. The van der Waals surface area contributed by atoms with Crippen LogP contribution in [0.25, 0.3) is 21.9 Å². The highest BCUT2D eigenvalue weighted by Gasteiger charge is 2.33. The summed E-state index contributed by atoms with van der Waals surface area (Å²) in [7, 11) is 3.18. The second kappa shape index (κ2) is 9.38. The highest BCUT2D eigenvalue weighted by atomic mass is 35.5. The lowest BCUT2D eigenvalue weighted by Gasteiger charge is -2.14. The molecule has 0 radical (unpaired) electrons. The molecule has 0 saturated heterocycles. The van der Waals surface area contributed by atoms with Gasteiger partial charge >= 0.3 is 6.18 Å². The van der Waals surface area contributed by atoms with Gasteiger partial charge in [0.2, 0.25) is 0 Å². The summed E-state index contributed by atoms with van der Waals surface area (Å²) in [6.45, 7) is 2.27. The predicted molar refractivity (Wildman–Crippen MR) is 127 cm³/mol. The van der Waals surface area contributed by atoms with E-state index in [0.29, 0.717) is 35.1 Å². The third kappa shape index (κ3) is 4.72. The van der Waals surface area contributed by atoms with E-state index in [9.17, 15) is 13.2 Å². The number of hydrogen-bond acceptors (Lipinski definition) is 5. The molecule has 3 aromatic carbocycles. The molecule has 0 amide bonds. The quantitative estimate of drug-likeness (QED) is 0.320. The van der Waals surface area contributed by atoms with E-state index in [0.717, 1.165) is 28.0 Å². The molecule has 0 bridgehead atoms. The summed E-state index contributed by atoms with van der Waals surface area (Å²) in [6.07, 6.45) is -4.50. The zero-order chi connectivity index (χ0) is 24.5. The molecular formula is C25H21ClF3N3O2. The van der Waals surface area contributed by atoms with Crippen molar-refractivity contribution in [3.8, 4) is 22.6 Å². The fraction of sp³-hybridized carbons (Fsp3) is 0.200. The molecule has 5 nitrogen and oxygen atoms in total. The summed E-state index contributed by atoms with van der Waals surface area (Å²) in [5.41, 5.74) is 2.05. The molecule has 1 heterocycles. The summed E-state index contributed by atoms with van der Waals surface area (Å²) in [5.74, 6) is 1.95. The van der Waals surface area contributed by atoms with Gasteiger partial charge in [0.1, 0.15) is 11.5 Å². The molecule has 176 valence electrons. The van der Waals surface area contributed by atoms with Gasteiger partial charge in [-0.25, -0.2) is 0 Å². The maximum absolute atomic E-state index is 13.0. The van der Waals surface area contributed by atoms with Crippen molar-refractivity contribution in [1.82, 2.24) is 10.2 Å². The summed E-state index contributed by atoms with van der Waals surface area (Å²) in [5, 5.41) is 13.2. The van der Waals surface area contributed by atoms with Crippen LogP contribution in [0.2, 0.25) is 5.02 Å². The van der Waals surface area contributed by atoms with Crippen molar-refractivity contribution < 1.29 is 22.6 Å². The van der Waals surface area contributed by atoms with Gasteiger partial charge in [-0.3, -0.25) is 0 Å². The number of methoxy groups -OCH3 is 2. The maximum Gasteiger partial charge on any atom is 0.417 e. The number of nitrogens with one attached hydrogen (secondary N) is 1. The van der Waals surface area contributed by atoms with Crippen molar-refractivity contribution in [2.45, 2.75) is 19.6 Å². The second-order valence-corrected chi connectivity index (χ2v) is 8.03. The number of halogens is 4. The van der Waals surface area contributed by atoms with E-state index in [4.69, 9.17) is 21.1 Å². The lowest BCUT2D eigenvalue weighted by atomic mass is 10.00. The molecule has 4 rings (SSSR count). The first kappa shape index (κ1) is 23.6. The lowest BCUT2D eigenvalue weighted by molar-refractivity contribution is -0.137. The molecule has 34 heavy (non-hydrogen) atoms. The Balaban J connectivity index is 1.66. The Kier molecular flexibility index (Phi) is 6.52. The minimum Gasteiger partial charge on any atom is -0.497 e. The Morgan fingerprint density at radius 3 is 2.29 bits per heavy atom. The molecule has 0 fully saturated rings. The fourth-order valence-electron chi connectivity index (χ4n) is 3.69. The van der Waals surface area contributed by atoms with Gasteiger partial charge in [-0.15, -0.1) is 5.10 Å². The standard InChI is InChI=1S/C25H21ClF3N3O2/c1-14-20-10-15(16-6-9-21(22(26)11-16)25(27,28)29)5-8-19(20)24(32-31-14)30-13-17-4-7-18(33-2)12-23(17)34-3/h4-12H,13H2,1-3H3,(H,30,32). The van der Waals surface area contributed by atoms with Crippen molar-refractivity contribution in [3.63, 3.8) is 0 Å². The number of hydrogen-bond donors (Lipinski definition) is 1. The van der Waals surface area contributed by atoms with Crippen LogP contribution in [0.3, 0.4) is 0 Å². The van der Waals surface area contributed by atoms with Gasteiger partial charge in [0.15, 0.2) is 5.82 Å². The molecule has 0 aliphatic carbocycles. The molecule has 1 aromatic heterocycles. The van der Waals surface area contributed by atoms with Gasteiger partial charge in [0.25, 0.3) is 0 Å². The van der Waals surface area contributed by atoms with Crippen molar-refractivity contribution in [2.75, 3.05) is 19.5 Å². The summed E-state index contributed by atoms with van der Waals surface area (Å²) in [4.78, 5) is 0. The summed E-state index contributed by atoms with van der Waals surface area (Å²) in [6, 6.07) is 14.8. The SMILES string of the molecule is COc1ccc(CNc2nnc(C)c3cc(-c4ccc(C(F)(F)F)c(Cl)c4)ccc23)c(OC)c1. The van der Waals surface area contributed by atoms with E-state index < -0.39 is 11.7 Å². The van der Waals surface area contributed by atoms with Crippen LogP contribution in [-0.2, 0) is 12.7 Å². The molecule has 0 saturated carbocycles. The Morgan fingerprint density at radius 2 is 1.62 bits per heavy atom. The molecule has 0 atom stereocenters. The third-order valence-corrected chi connectivity index (χ3v) is 5.83. The van der Waals surface area contributed by atoms with Crippen LogP contribution in [0, 0.1) is 6.92 Å². The molecular weight excluding hydrogens is 467 g/mol. The first-order valence-electron chi connectivity index (χ1n) is 10.3. The van der Waals surface area contributed by atoms with Crippen LogP contribution >= 0.6 is 11.6 Å². The van der Waals surface area contributed by atoms with Crippen molar-refractivity contribution in [2.24, 2.45) is 0 Å². The monoisotopic (exact) mass is 487 g/mol. The number of alkyl halides is 3. The molecule has 0 unspecified atom stereocenters. The highest BCUT2D eigenvalue weighted by Crippen LogP contribution is 2.37. The zero-order valence-corrected chi connectivity index (χ0v) is 19.4. The molecule has 4 aromatic rings. The van der Waals surface area contributed by atoms with Gasteiger partial charge in [-0.2, -0.15) is 18.3 Å². The smallest absolute Gasteiger partial charge is 0.417 e. The number of benzene rings is 3. The van der Waals surface area contributed by atoms with E-state index in [2.05, 4.69) is 15.5 Å². The molecule has 9 heteroatoms. The van der Waals surface area contributed by atoms with Crippen molar-refractivity contribution in [1.29, 1.82) is 0 Å². The van der Waals surface area contributed by atoms with Crippen molar-refractivity contribution >= 4 is 28.2 Å². The lowest BCUT2D eigenvalue weighted by Crippen LogP contribution is -2.06. The zero-order valence-electron chi connectivity index (χ0n) is 18.6. The van der Waals surface area contributed by atoms with Gasteiger partial charge in [-0.1, -0.05) is 23.7 Å². The van der Waals surface area contributed by atoms with Crippen LogP contribution in [0.5, 0.6) is 11.5 Å². The second-order valence-electron chi connectivity index (χ2n) is 7.62. The average molecular weight is 488 g/mol. The fourth-order valence-corrected chi connectivity index (χ4v) is 3.98. The van der Waals surface area contributed by atoms with Crippen LogP contribution in [0.4, 0.5) is 19.0 Å². The predicted octanol–water partition coefficient (Wildman–Crippen LogP) is 6.91. The number of anilines is 1. The largest absolute Gasteiger partial charge is 0.497 e. The number of aromatic nitrogens is 2. The summed E-state index contributed by atoms with van der Waals surface area (Å²) >= 11 is 5.91. The Morgan fingerprint density at radius 1 is 0.882 bits per heavy atom. The van der Waals surface area contributed by atoms with Gasteiger partial charge < -0.3 is 14.8 Å². The number of rotatable bonds is 6. The van der Waals surface area contributed by atoms with Gasteiger partial charge in [0.05, 0.1) is 30.5 Å². The minimum absolute atomic E-state index is 0.342. The minimum atomic E-state index is -4.50. The molecule has 0 aliphatic heterocycles. The first-order chi connectivity index (χ1) is 16.2. The first-order valence-corrected chi connectivity index (χ1v) is 10.7. The van der Waals surface area contributed by atoms with Gasteiger partial charge in [0, 0.05) is 28.9 Å². The van der Waals surface area contributed by atoms with E-state index in [1.807, 2.05) is 37.3 Å². The number of nitrogens with zero attached hydrogens (tertiary/aromatic N) is 2. The van der Waals surface area contributed by atoms with E-state index in [1.165, 1.54) is 12.1 Å². The highest BCUT2D eigenvalue weighted by molar-refractivity contribution is 6.31. The molecule has 1 N–H and O–H groups in total. The van der Waals surface area contributed by atoms with Crippen LogP contribution in [0.1, 0.15) is 16.8 Å². The number of ether oxygens (including phenoxy) is 2. The number of aryl methyl sites for hydroxylation is 1. The Labute approximate surface area is 199 Å². The van der Waals surface area contributed by atoms with Crippen LogP contribution < -0.4 is 14.8 Å². The average Bonchev–Trinajstić information content (AvgIpc) is 2.82. The van der Waals surface area contributed by atoms with E-state index >= 15 is 0 Å². The van der Waals surface area contributed by atoms with E-state index in [-0.39, 0.29) is 5.02 Å². The van der Waals surface area contributed by atoms with Crippen molar-refractivity contribution in [3.05, 3.63) is 76.4 Å². The summed E-state index contributed by atoms with van der Waals surface area (Å²) < 4.78 is 49.8. The third-order valence-electron chi connectivity index (χ3n) is 5.51. The van der Waals surface area contributed by atoms with Crippen LogP contribution in [-0.4, -0.2) is 24.4 Å². The Bertz CT molecular complexity index is 1360. The normalized spacial score (nSPS) is 11.5. The number of fused-ring (bicyclic) bond motifs is 1. The topological polar surface area (TPSA) is 56.3 Å². The Hall–Kier alpha value is -3.52. The van der Waals surface area contributed by atoms with Crippen LogP contribution in [0.15, 0.2) is 54.6 Å². The molecule has 0 aliphatic rings. The van der Waals surface area contributed by atoms with E-state index in [1.54, 1.807) is 20.3 Å². The molecule has 0 spiro atoms.